The summed E-state index contributed by atoms with van der Waals surface area (Å²) in [4.78, 5) is 39.6. The summed E-state index contributed by atoms with van der Waals surface area (Å²) in [5.41, 5.74) is 6.39. The number of carbonyl (C=O) groups is 2. The number of nitrogens with zero attached hydrogens (tertiary/aromatic N) is 5. The Morgan fingerprint density at radius 3 is 2.65 bits per heavy atom. The van der Waals surface area contributed by atoms with E-state index in [0.29, 0.717) is 31.6 Å². The van der Waals surface area contributed by atoms with E-state index >= 15 is 0 Å². The van der Waals surface area contributed by atoms with Gasteiger partial charge in [-0.25, -0.2) is 0 Å². The molecule has 4 N–H and O–H groups in total. The van der Waals surface area contributed by atoms with Gasteiger partial charge in [-0.3, -0.25) is 14.6 Å². The Hall–Kier alpha value is -4.64. The smallest absolute Gasteiger partial charge is 0.253 e. The maximum absolute atomic E-state index is 13.2. The van der Waals surface area contributed by atoms with Crippen LogP contribution in [0, 0.1) is 0 Å². The normalized spacial score (nSPS) is 15.8. The topological polar surface area (TPSA) is 132 Å². The summed E-state index contributed by atoms with van der Waals surface area (Å²) < 4.78 is 5.92. The van der Waals surface area contributed by atoms with E-state index in [-0.39, 0.29) is 14.7 Å². The van der Waals surface area contributed by atoms with Crippen LogP contribution in [-0.4, -0.2) is 106 Å². The van der Waals surface area contributed by atoms with Crippen molar-refractivity contribution in [3.05, 3.63) is 53.7 Å². The molecule has 1 saturated heterocycles. The molecule has 0 spiro atoms. The van der Waals surface area contributed by atoms with Crippen LogP contribution in [-0.2, 0) is 4.79 Å². The Labute approximate surface area is 255 Å². The third kappa shape index (κ3) is 6.72. The molecule has 2 aliphatic heterocycles. The van der Waals surface area contributed by atoms with Crippen LogP contribution in [0.25, 0.3) is 27.6 Å². The van der Waals surface area contributed by atoms with Crippen molar-refractivity contribution in [2.75, 3.05) is 71.9 Å². The fraction of sp³-hybridized carbons (Fsp3) is 0.375. The molecule has 0 bridgehead atoms. The average molecular weight is 589 g/mol. The Balaban J connectivity index is 0.00000276. The third-order valence-electron chi connectivity index (χ3n) is 7.90. The molecule has 0 aliphatic carbocycles. The summed E-state index contributed by atoms with van der Waals surface area (Å²) in [6.07, 6.45) is 6.15. The molecule has 43 heavy (non-hydrogen) atoms. The monoisotopic (exact) mass is 588 g/mol. The minimum Gasteiger partial charge on any atom is -0.496 e. The second kappa shape index (κ2) is 13.6. The van der Waals surface area contributed by atoms with Crippen LogP contribution in [0.1, 0.15) is 31.7 Å². The first-order valence-electron chi connectivity index (χ1n) is 14.6. The van der Waals surface area contributed by atoms with Crippen molar-refractivity contribution in [3.63, 3.8) is 0 Å². The Bertz CT molecular complexity index is 1580. The molecule has 0 unspecified atom stereocenters. The SMILES string of the molecule is COc1cc(N2CCNCC2)ccc1-c1cc(C(=O)N(C)C)cc2cc(C3=CCCN(C(=O)CCN=C/C=N\N)C3)[nH]c12.[HH].[HH]. The van der Waals surface area contributed by atoms with Crippen LogP contribution in [0.15, 0.2) is 52.6 Å². The summed E-state index contributed by atoms with van der Waals surface area (Å²) in [7, 11) is 5.20. The van der Waals surface area contributed by atoms with Gasteiger partial charge >= 0.3 is 0 Å². The van der Waals surface area contributed by atoms with Crippen molar-refractivity contribution in [2.24, 2.45) is 15.9 Å². The van der Waals surface area contributed by atoms with Crippen molar-refractivity contribution >= 4 is 46.4 Å². The van der Waals surface area contributed by atoms with Crippen molar-refractivity contribution in [1.82, 2.24) is 20.1 Å². The molecule has 5 rings (SSSR count). The van der Waals surface area contributed by atoms with E-state index in [4.69, 9.17) is 10.6 Å². The number of anilines is 1. The predicted octanol–water partition coefficient (Wildman–Crippen LogP) is 3.47. The number of methoxy groups -OCH3 is 1. The highest BCUT2D eigenvalue weighted by molar-refractivity contribution is 6.15. The fourth-order valence-electron chi connectivity index (χ4n) is 5.66. The number of piperazine rings is 1. The number of fused-ring (bicyclic) bond motifs is 1. The first kappa shape index (κ1) is 29.8. The average Bonchev–Trinajstić information content (AvgIpc) is 3.48. The maximum atomic E-state index is 13.2. The van der Waals surface area contributed by atoms with Crippen molar-refractivity contribution in [1.29, 1.82) is 0 Å². The summed E-state index contributed by atoms with van der Waals surface area (Å²) >= 11 is 0. The van der Waals surface area contributed by atoms with Crippen LogP contribution >= 0.6 is 0 Å². The number of aromatic amines is 1. The lowest BCUT2D eigenvalue weighted by atomic mass is 9.98. The number of benzene rings is 2. The number of nitrogens with two attached hydrogens (primary N) is 1. The summed E-state index contributed by atoms with van der Waals surface area (Å²) in [5.74, 6) is 5.81. The number of carbonyl (C=O) groups excluding carboxylic acids is 2. The number of hydrogen-bond acceptors (Lipinski definition) is 8. The number of hydrogen-bond donors (Lipinski definition) is 3. The number of amides is 2. The molecular weight excluding hydrogens is 544 g/mol. The highest BCUT2D eigenvalue weighted by atomic mass is 16.5. The molecule has 2 aromatic carbocycles. The number of H-pyrrole nitrogens is 1. The highest BCUT2D eigenvalue weighted by Crippen LogP contribution is 2.39. The van der Waals surface area contributed by atoms with Crippen LogP contribution in [0.3, 0.4) is 0 Å². The second-order valence-corrected chi connectivity index (χ2v) is 10.9. The van der Waals surface area contributed by atoms with Gasteiger partial charge in [0.25, 0.3) is 5.91 Å². The second-order valence-electron chi connectivity index (χ2n) is 10.9. The summed E-state index contributed by atoms with van der Waals surface area (Å²) in [6.45, 7) is 5.31. The molecule has 0 saturated carbocycles. The largest absolute Gasteiger partial charge is 0.496 e. The van der Waals surface area contributed by atoms with Gasteiger partial charge in [0.05, 0.1) is 18.8 Å². The predicted molar refractivity (Wildman–Crippen MR) is 177 cm³/mol. The highest BCUT2D eigenvalue weighted by Gasteiger charge is 2.23. The first-order valence-corrected chi connectivity index (χ1v) is 14.6. The van der Waals surface area contributed by atoms with E-state index in [9.17, 15) is 9.59 Å². The lowest BCUT2D eigenvalue weighted by molar-refractivity contribution is -0.130. The van der Waals surface area contributed by atoms with Gasteiger partial charge in [0.2, 0.25) is 5.91 Å². The number of hydrazone groups is 1. The van der Waals surface area contributed by atoms with Gasteiger partial charge in [0.15, 0.2) is 0 Å². The standard InChI is InChI=1S/C32H40N8O3.2H2/c1-38(2)32(42)24-17-23-19-28(22-5-4-14-40(21-22)30(41)8-9-34-10-11-36-33)37-31(23)27(18-24)26-7-6-25(20-29(26)43-3)39-15-12-35-13-16-39;;/h5-7,10-11,17-20,35,37H,4,8-9,12-16,21,33H2,1-3H3;2*1H/b34-10?,36-11-;;. The van der Waals surface area contributed by atoms with Gasteiger partial charge in [0.1, 0.15) is 5.75 Å². The van der Waals surface area contributed by atoms with E-state index in [1.54, 1.807) is 26.1 Å². The molecular formula is C32H44N8O3. The minimum absolute atomic E-state index is 0. The number of aliphatic imine (C=N–C) groups is 1. The van der Waals surface area contributed by atoms with E-state index < -0.39 is 0 Å². The van der Waals surface area contributed by atoms with Crippen molar-refractivity contribution in [3.8, 4) is 16.9 Å². The fourth-order valence-corrected chi connectivity index (χ4v) is 5.66. The molecule has 3 heterocycles. The molecule has 2 amide bonds. The molecule has 3 aromatic rings. The van der Waals surface area contributed by atoms with E-state index in [1.807, 2.05) is 17.0 Å². The number of nitrogens with one attached hydrogen (secondary N) is 2. The molecule has 230 valence electrons. The lowest BCUT2D eigenvalue weighted by Crippen LogP contribution is -2.43. The molecule has 1 fully saturated rings. The zero-order valence-corrected chi connectivity index (χ0v) is 25.1. The van der Waals surface area contributed by atoms with E-state index in [0.717, 1.165) is 77.3 Å². The molecule has 0 radical (unpaired) electrons. The van der Waals surface area contributed by atoms with Crippen molar-refractivity contribution < 1.29 is 17.2 Å². The first-order chi connectivity index (χ1) is 20.9. The zero-order valence-electron chi connectivity index (χ0n) is 25.1. The summed E-state index contributed by atoms with van der Waals surface area (Å²) in [6, 6.07) is 12.2. The Kier molecular flexibility index (Phi) is 9.41. The van der Waals surface area contributed by atoms with Gasteiger partial charge in [-0.15, -0.1) is 0 Å². The van der Waals surface area contributed by atoms with Gasteiger partial charge < -0.3 is 35.6 Å². The lowest BCUT2D eigenvalue weighted by Gasteiger charge is -2.30. The Morgan fingerprint density at radius 2 is 1.91 bits per heavy atom. The maximum Gasteiger partial charge on any atom is 0.253 e. The molecule has 11 nitrogen and oxygen atoms in total. The van der Waals surface area contributed by atoms with Gasteiger partial charge in [-0.05, 0) is 42.3 Å². The van der Waals surface area contributed by atoms with Crippen LogP contribution in [0.5, 0.6) is 5.75 Å². The zero-order chi connectivity index (χ0) is 30.3. The summed E-state index contributed by atoms with van der Waals surface area (Å²) in [5, 5.41) is 7.69. The minimum atomic E-state index is -0.0728. The number of rotatable bonds is 9. The number of aromatic nitrogens is 1. The number of ether oxygens (including phenoxy) is 1. The van der Waals surface area contributed by atoms with Crippen molar-refractivity contribution in [2.45, 2.75) is 12.8 Å². The molecule has 11 heteroatoms. The van der Waals surface area contributed by atoms with Crippen LogP contribution in [0.4, 0.5) is 5.69 Å². The van der Waals surface area contributed by atoms with Gasteiger partial charge in [0, 0.05) is 115 Å². The van der Waals surface area contributed by atoms with Crippen LogP contribution < -0.4 is 20.8 Å². The van der Waals surface area contributed by atoms with Gasteiger partial charge in [-0.1, -0.05) is 6.08 Å². The quantitative estimate of drug-likeness (QED) is 0.199. The van der Waals surface area contributed by atoms with Crippen LogP contribution in [0.2, 0.25) is 0 Å². The van der Waals surface area contributed by atoms with E-state index in [2.05, 4.69) is 55.6 Å². The Morgan fingerprint density at radius 1 is 1.09 bits per heavy atom. The molecule has 0 atom stereocenters. The molecule has 1 aromatic heterocycles. The van der Waals surface area contributed by atoms with E-state index in [1.165, 1.54) is 12.4 Å². The molecule has 2 aliphatic rings. The van der Waals surface area contributed by atoms with Gasteiger partial charge in [-0.2, -0.15) is 5.10 Å². The third-order valence-corrected chi connectivity index (χ3v) is 7.90.